The topological polar surface area (TPSA) is 197 Å². The Morgan fingerprint density at radius 1 is 0.467 bits per heavy atom. The number of nitrogens with one attached hydrogen (secondary N) is 3. The van der Waals surface area contributed by atoms with E-state index in [0.717, 1.165) is 105 Å². The summed E-state index contributed by atoms with van der Waals surface area (Å²) in [7, 11) is 0. The minimum Gasteiger partial charge on any atom is -0.351 e. The van der Waals surface area contributed by atoms with Gasteiger partial charge >= 0.3 is 0 Å². The summed E-state index contributed by atoms with van der Waals surface area (Å²) in [6.07, 6.45) is 2.54. The van der Waals surface area contributed by atoms with Gasteiger partial charge in [-0.05, 0) is 134 Å². The molecule has 0 bridgehead atoms. The second-order valence-electron chi connectivity index (χ2n) is 18.4. The van der Waals surface area contributed by atoms with Crippen LogP contribution in [0, 0.1) is 58.1 Å². The van der Waals surface area contributed by atoms with Crippen LogP contribution >= 0.6 is 23.2 Å². The van der Waals surface area contributed by atoms with Gasteiger partial charge < -0.3 is 29.7 Å². The normalized spacial score (nSPS) is 13.7. The molecule has 3 aromatic heterocycles. The number of carbonyl (C=O) groups is 3. The Morgan fingerprint density at radius 3 is 1.31 bits per heavy atom. The van der Waals surface area contributed by atoms with Gasteiger partial charge in [0.25, 0.3) is 17.7 Å². The summed E-state index contributed by atoms with van der Waals surface area (Å²) < 4.78 is 19.7. The van der Waals surface area contributed by atoms with E-state index in [0.29, 0.717) is 74.6 Å². The highest BCUT2D eigenvalue weighted by molar-refractivity contribution is 6.36. The van der Waals surface area contributed by atoms with Gasteiger partial charge in [0.2, 0.25) is 0 Å². The van der Waals surface area contributed by atoms with Gasteiger partial charge in [-0.2, -0.15) is 21.0 Å². The second kappa shape index (κ2) is 20.7. The Kier molecular flexibility index (Phi) is 13.7. The first-order chi connectivity index (χ1) is 36.4. The van der Waals surface area contributed by atoms with Crippen molar-refractivity contribution in [3.8, 4) is 57.7 Å². The molecule has 16 heteroatoms. The molecule has 13 nitrogen and oxygen atoms in total. The predicted molar refractivity (Wildman–Crippen MR) is 287 cm³/mol. The zero-order chi connectivity index (χ0) is 52.5. The van der Waals surface area contributed by atoms with Crippen molar-refractivity contribution in [1.82, 2.24) is 29.7 Å². The van der Waals surface area contributed by atoms with Crippen LogP contribution in [0.15, 0.2) is 115 Å². The lowest BCUT2D eigenvalue weighted by Gasteiger charge is -2.12. The van der Waals surface area contributed by atoms with Crippen molar-refractivity contribution in [2.24, 2.45) is 0 Å². The quantitative estimate of drug-likeness (QED) is 0.156. The van der Waals surface area contributed by atoms with Gasteiger partial charge in [-0.3, -0.25) is 14.4 Å². The molecule has 6 heterocycles. The first-order valence-corrected chi connectivity index (χ1v) is 24.9. The molecule has 3 aliphatic rings. The van der Waals surface area contributed by atoms with Crippen LogP contribution in [-0.4, -0.2) is 51.1 Å². The molecule has 0 fully saturated rings. The Bertz CT molecular complexity index is 4030. The summed E-state index contributed by atoms with van der Waals surface area (Å²) in [5, 5.41) is 49.5. The molecule has 3 N–H and O–H groups in total. The molecule has 0 saturated carbocycles. The van der Waals surface area contributed by atoms with E-state index in [2.05, 4.69) is 40.2 Å². The maximum absolute atomic E-state index is 13.7. The van der Waals surface area contributed by atoms with Crippen molar-refractivity contribution in [2.45, 2.75) is 45.8 Å². The van der Waals surface area contributed by atoms with Crippen molar-refractivity contribution in [1.29, 1.82) is 21.0 Å². The molecule has 9 aromatic rings. The summed E-state index contributed by atoms with van der Waals surface area (Å²) in [6.45, 7) is 5.85. The lowest BCUT2D eigenvalue weighted by molar-refractivity contribution is 0.0943. The first kappa shape index (κ1) is 49.4. The molecule has 0 spiro atoms. The summed E-state index contributed by atoms with van der Waals surface area (Å²) in [5.74, 6) is -0.545. The van der Waals surface area contributed by atoms with E-state index in [4.69, 9.17) is 28.5 Å². The van der Waals surface area contributed by atoms with Crippen molar-refractivity contribution >= 4 is 73.6 Å². The maximum atomic E-state index is 13.7. The third-order valence-electron chi connectivity index (χ3n) is 13.6. The molecule has 3 aliphatic heterocycles. The first-order valence-electron chi connectivity index (χ1n) is 24.2. The van der Waals surface area contributed by atoms with Crippen LogP contribution in [0.5, 0.6) is 0 Å². The molecule has 0 aliphatic carbocycles. The number of hydrogen-bond acceptors (Lipinski definition) is 7. The zero-order valence-corrected chi connectivity index (χ0v) is 41.8. The summed E-state index contributed by atoms with van der Waals surface area (Å²) in [4.78, 5) is 37.0. The standard InChI is InChI=1S/C20H16FN3O.C20H14N4O.C19H13Cl2N3O/c1-12-7-14(3-4-17(12)21)16-9-13(11-22)8-15-10-18-20(25)23-5-2-6-24(18)19(15)16;21-11-13-2-4-15(5-3-13)17-9-14(12-22)8-16-10-18-20(25)23-6-1-7-24(18)19(16)17;20-13-2-3-14(16(21)9-13)15-7-11(10-22)6-12-8-17-19(25)23-4-1-5-24(17)18(12)15/h3-4,7-10H,2,5-6H2,1H3,(H,23,25);2-5,8-10H,1,6-7H2,(H,23,25);2-3,6-9H,1,4-5H2,(H,23,25). The molecule has 6 aromatic carbocycles. The van der Waals surface area contributed by atoms with Crippen molar-refractivity contribution < 1.29 is 18.8 Å². The molecule has 368 valence electrons. The van der Waals surface area contributed by atoms with E-state index < -0.39 is 0 Å². The Morgan fingerprint density at radius 2 is 0.880 bits per heavy atom. The van der Waals surface area contributed by atoms with E-state index in [1.165, 1.54) is 6.07 Å². The third kappa shape index (κ3) is 9.53. The van der Waals surface area contributed by atoms with E-state index in [1.54, 1.807) is 55.5 Å². The van der Waals surface area contributed by atoms with Gasteiger partial charge in [0.1, 0.15) is 22.9 Å². The number of amides is 3. The number of halogens is 3. The van der Waals surface area contributed by atoms with Crippen LogP contribution < -0.4 is 16.0 Å². The summed E-state index contributed by atoms with van der Waals surface area (Å²) >= 11 is 12.4. The number of hydrogen-bond donors (Lipinski definition) is 3. The molecular formula is C59H43Cl2FN10O3. The number of nitriles is 4. The number of benzene rings is 6. The maximum Gasteiger partial charge on any atom is 0.267 e. The predicted octanol–water partition coefficient (Wildman–Crippen LogP) is 11.6. The van der Waals surface area contributed by atoms with Gasteiger partial charge in [0.05, 0.1) is 63.1 Å². The number of aryl methyl sites for hydroxylation is 4. The Labute approximate surface area is 440 Å². The largest absolute Gasteiger partial charge is 0.351 e. The van der Waals surface area contributed by atoms with Gasteiger partial charge in [-0.25, -0.2) is 4.39 Å². The molecular weight excluding hydrogens is 987 g/mol. The molecule has 0 saturated heterocycles. The lowest BCUT2D eigenvalue weighted by Crippen LogP contribution is -2.22. The number of rotatable bonds is 3. The minimum atomic E-state index is -0.259. The van der Waals surface area contributed by atoms with Gasteiger partial charge in [0, 0.05) is 87.7 Å². The molecule has 75 heavy (non-hydrogen) atoms. The third-order valence-corrected chi connectivity index (χ3v) is 14.2. The minimum absolute atomic E-state index is 0.0852. The van der Waals surface area contributed by atoms with E-state index in [9.17, 15) is 34.6 Å². The highest BCUT2D eigenvalue weighted by atomic mass is 35.5. The van der Waals surface area contributed by atoms with Gasteiger partial charge in [-0.15, -0.1) is 0 Å². The second-order valence-corrected chi connectivity index (χ2v) is 19.2. The van der Waals surface area contributed by atoms with Gasteiger partial charge in [-0.1, -0.05) is 47.5 Å². The van der Waals surface area contributed by atoms with Crippen molar-refractivity contribution in [3.05, 3.63) is 176 Å². The molecule has 0 atom stereocenters. The van der Waals surface area contributed by atoms with Crippen LogP contribution in [0.2, 0.25) is 10.0 Å². The number of carbonyl (C=O) groups excluding carboxylic acids is 3. The smallest absolute Gasteiger partial charge is 0.267 e. The number of fused-ring (bicyclic) bond motifs is 9. The monoisotopic (exact) mass is 1030 g/mol. The van der Waals surface area contributed by atoms with Crippen LogP contribution in [-0.2, 0) is 19.6 Å². The van der Waals surface area contributed by atoms with Crippen LogP contribution in [0.25, 0.3) is 66.1 Å². The Balaban J connectivity index is 0.000000128. The van der Waals surface area contributed by atoms with Crippen molar-refractivity contribution in [2.75, 3.05) is 19.6 Å². The zero-order valence-electron chi connectivity index (χ0n) is 40.3. The Hall–Kier alpha value is -9.18. The highest BCUT2D eigenvalue weighted by Gasteiger charge is 2.25. The molecule has 0 unspecified atom stereocenters. The van der Waals surface area contributed by atoms with E-state index in [1.807, 2.05) is 74.4 Å². The van der Waals surface area contributed by atoms with Crippen LogP contribution in [0.1, 0.15) is 78.5 Å². The SMILES string of the molecule is Cc1cc(-c2cc(C#N)cc3cc4n(c23)CCCNC4=O)ccc1F.N#Cc1cc(-c2ccc(Cl)cc2Cl)c2c(c1)cc1n2CCCNC1=O.N#Cc1ccc(-c2cc(C#N)cc3cc4n(c23)CCCNC4=O)cc1. The van der Waals surface area contributed by atoms with Crippen LogP contribution in [0.3, 0.4) is 0 Å². The lowest BCUT2D eigenvalue weighted by atomic mass is 9.98. The fourth-order valence-electron chi connectivity index (χ4n) is 10.2. The summed E-state index contributed by atoms with van der Waals surface area (Å²) in [5.41, 5.74) is 12.5. The summed E-state index contributed by atoms with van der Waals surface area (Å²) in [6, 6.07) is 42.6. The van der Waals surface area contributed by atoms with E-state index >= 15 is 0 Å². The van der Waals surface area contributed by atoms with Gasteiger partial charge in [0.15, 0.2) is 0 Å². The number of nitrogens with zero attached hydrogens (tertiary/aromatic N) is 7. The van der Waals surface area contributed by atoms with E-state index in [-0.39, 0.29) is 23.5 Å². The van der Waals surface area contributed by atoms with Crippen molar-refractivity contribution in [3.63, 3.8) is 0 Å². The molecule has 0 radical (unpaired) electrons. The average molecular weight is 1030 g/mol. The fourth-order valence-corrected chi connectivity index (χ4v) is 10.7. The molecule has 12 rings (SSSR count). The fraction of sp³-hybridized carbons (Fsp3) is 0.169. The molecule has 3 amide bonds. The highest BCUT2D eigenvalue weighted by Crippen LogP contribution is 2.39. The van der Waals surface area contributed by atoms with Crippen LogP contribution in [0.4, 0.5) is 4.39 Å². The number of aromatic nitrogens is 3. The average Bonchev–Trinajstić information content (AvgIpc) is 3.98.